The van der Waals surface area contributed by atoms with E-state index >= 15 is 0 Å². The molecular formula is C17H28N2O. The first kappa shape index (κ1) is 16.9. The van der Waals surface area contributed by atoms with E-state index in [0.717, 1.165) is 38.2 Å². The zero-order valence-corrected chi connectivity index (χ0v) is 13.4. The van der Waals surface area contributed by atoms with Crippen molar-refractivity contribution in [3.8, 4) is 0 Å². The van der Waals surface area contributed by atoms with E-state index in [4.69, 9.17) is 0 Å². The molecule has 3 nitrogen and oxygen atoms in total. The minimum atomic E-state index is 0.246. The monoisotopic (exact) mass is 276 g/mol. The molecule has 3 heteroatoms. The van der Waals surface area contributed by atoms with Crippen LogP contribution in [0.5, 0.6) is 0 Å². The zero-order valence-electron chi connectivity index (χ0n) is 13.4. The van der Waals surface area contributed by atoms with Gasteiger partial charge >= 0.3 is 0 Å². The van der Waals surface area contributed by atoms with Crippen molar-refractivity contribution < 1.29 is 4.79 Å². The number of aryl methyl sites for hydroxylation is 1. The summed E-state index contributed by atoms with van der Waals surface area (Å²) < 4.78 is 0. The van der Waals surface area contributed by atoms with Crippen LogP contribution in [-0.4, -0.2) is 55.9 Å². The van der Waals surface area contributed by atoms with Crippen LogP contribution in [0, 0.1) is 6.92 Å². The molecule has 0 bridgehead atoms. The van der Waals surface area contributed by atoms with Crippen molar-refractivity contribution in [1.82, 2.24) is 9.80 Å². The molecule has 0 aliphatic heterocycles. The maximum atomic E-state index is 12.1. The Morgan fingerprint density at radius 2 is 1.70 bits per heavy atom. The molecule has 1 aromatic rings. The predicted molar refractivity (Wildman–Crippen MR) is 85.4 cm³/mol. The van der Waals surface area contributed by atoms with E-state index < -0.39 is 0 Å². The molecule has 0 heterocycles. The van der Waals surface area contributed by atoms with Gasteiger partial charge in [0.2, 0.25) is 0 Å². The summed E-state index contributed by atoms with van der Waals surface area (Å²) in [5.41, 5.74) is 2.03. The highest BCUT2D eigenvalue weighted by Crippen LogP contribution is 2.07. The lowest BCUT2D eigenvalue weighted by Gasteiger charge is -2.21. The van der Waals surface area contributed by atoms with Crippen molar-refractivity contribution in [2.24, 2.45) is 0 Å². The standard InChI is InChI=1S/C17H28N2O/c1-5-19(13-6-12-18(3)4)14-11-17(20)16-9-7-15(2)8-10-16/h7-10H,5-6,11-14H2,1-4H3. The quantitative estimate of drug-likeness (QED) is 0.648. The summed E-state index contributed by atoms with van der Waals surface area (Å²) in [5.74, 6) is 0.246. The van der Waals surface area contributed by atoms with Crippen molar-refractivity contribution in [2.75, 3.05) is 40.3 Å². The van der Waals surface area contributed by atoms with Crippen LogP contribution in [0.2, 0.25) is 0 Å². The number of carbonyl (C=O) groups excluding carboxylic acids is 1. The molecule has 0 aliphatic carbocycles. The number of carbonyl (C=O) groups is 1. The number of rotatable bonds is 9. The topological polar surface area (TPSA) is 23.6 Å². The SMILES string of the molecule is CCN(CCCN(C)C)CCC(=O)c1ccc(C)cc1. The van der Waals surface area contributed by atoms with Crippen molar-refractivity contribution in [1.29, 1.82) is 0 Å². The van der Waals surface area contributed by atoms with Crippen LogP contribution in [0.3, 0.4) is 0 Å². The molecule has 0 radical (unpaired) electrons. The minimum Gasteiger partial charge on any atom is -0.309 e. The number of Topliss-reactive ketones (excluding diaryl/α,β-unsaturated/α-hetero) is 1. The molecule has 0 N–H and O–H groups in total. The maximum Gasteiger partial charge on any atom is 0.164 e. The van der Waals surface area contributed by atoms with E-state index in [0.29, 0.717) is 6.42 Å². The van der Waals surface area contributed by atoms with Crippen LogP contribution in [0.15, 0.2) is 24.3 Å². The first-order chi connectivity index (χ1) is 9.52. The molecule has 0 spiro atoms. The molecule has 0 amide bonds. The molecule has 0 unspecified atom stereocenters. The zero-order chi connectivity index (χ0) is 15.0. The number of benzene rings is 1. The van der Waals surface area contributed by atoms with Gasteiger partial charge in [-0.25, -0.2) is 0 Å². The van der Waals surface area contributed by atoms with Crippen LogP contribution < -0.4 is 0 Å². The Bertz CT molecular complexity index is 398. The Kier molecular flexibility index (Phi) is 7.48. The Hall–Kier alpha value is -1.19. The molecule has 1 rings (SSSR count). The van der Waals surface area contributed by atoms with Crippen LogP contribution in [-0.2, 0) is 0 Å². The molecule has 20 heavy (non-hydrogen) atoms. The fraction of sp³-hybridized carbons (Fsp3) is 0.588. The highest BCUT2D eigenvalue weighted by atomic mass is 16.1. The second-order valence-electron chi connectivity index (χ2n) is 5.63. The third-order valence-corrected chi connectivity index (χ3v) is 3.56. The van der Waals surface area contributed by atoms with Gasteiger partial charge in [-0.2, -0.15) is 0 Å². The second kappa shape index (κ2) is 8.88. The minimum absolute atomic E-state index is 0.246. The molecule has 0 aromatic heterocycles. The normalized spacial score (nSPS) is 11.3. The molecule has 0 aliphatic rings. The van der Waals surface area contributed by atoms with E-state index in [1.807, 2.05) is 31.2 Å². The fourth-order valence-corrected chi connectivity index (χ4v) is 2.18. The van der Waals surface area contributed by atoms with E-state index in [-0.39, 0.29) is 5.78 Å². The first-order valence-corrected chi connectivity index (χ1v) is 7.50. The van der Waals surface area contributed by atoms with Crippen LogP contribution >= 0.6 is 0 Å². The van der Waals surface area contributed by atoms with Gasteiger partial charge in [0.15, 0.2) is 5.78 Å². The second-order valence-corrected chi connectivity index (χ2v) is 5.63. The van der Waals surface area contributed by atoms with E-state index in [9.17, 15) is 4.79 Å². The van der Waals surface area contributed by atoms with Gasteiger partial charge in [0.25, 0.3) is 0 Å². The number of hydrogen-bond acceptors (Lipinski definition) is 3. The Balaban J connectivity index is 2.36. The lowest BCUT2D eigenvalue weighted by atomic mass is 10.1. The molecular weight excluding hydrogens is 248 g/mol. The maximum absolute atomic E-state index is 12.1. The molecule has 0 fully saturated rings. The number of ketones is 1. The van der Waals surface area contributed by atoms with E-state index in [1.54, 1.807) is 0 Å². The third kappa shape index (κ3) is 6.31. The highest BCUT2D eigenvalue weighted by Gasteiger charge is 2.09. The van der Waals surface area contributed by atoms with E-state index in [2.05, 4.69) is 30.8 Å². The largest absolute Gasteiger partial charge is 0.309 e. The van der Waals surface area contributed by atoms with Crippen molar-refractivity contribution in [3.63, 3.8) is 0 Å². The van der Waals surface area contributed by atoms with Gasteiger partial charge in [0.05, 0.1) is 0 Å². The molecule has 1 aromatic carbocycles. The summed E-state index contributed by atoms with van der Waals surface area (Å²) in [6.45, 7) is 8.23. The van der Waals surface area contributed by atoms with Crippen LogP contribution in [0.1, 0.15) is 35.7 Å². The van der Waals surface area contributed by atoms with E-state index in [1.165, 1.54) is 5.56 Å². The van der Waals surface area contributed by atoms with Crippen LogP contribution in [0.4, 0.5) is 0 Å². The highest BCUT2D eigenvalue weighted by molar-refractivity contribution is 5.96. The van der Waals surface area contributed by atoms with Crippen molar-refractivity contribution >= 4 is 5.78 Å². The van der Waals surface area contributed by atoms with Gasteiger partial charge in [0, 0.05) is 18.5 Å². The van der Waals surface area contributed by atoms with Gasteiger partial charge in [-0.3, -0.25) is 4.79 Å². The summed E-state index contributed by atoms with van der Waals surface area (Å²) in [6, 6.07) is 7.86. The van der Waals surface area contributed by atoms with Crippen molar-refractivity contribution in [3.05, 3.63) is 35.4 Å². The molecule has 112 valence electrons. The van der Waals surface area contributed by atoms with Crippen LogP contribution in [0.25, 0.3) is 0 Å². The fourth-order valence-electron chi connectivity index (χ4n) is 2.18. The van der Waals surface area contributed by atoms with Crippen molar-refractivity contribution in [2.45, 2.75) is 26.7 Å². The van der Waals surface area contributed by atoms with Gasteiger partial charge in [0.1, 0.15) is 0 Å². The summed E-state index contributed by atoms with van der Waals surface area (Å²) >= 11 is 0. The molecule has 0 saturated carbocycles. The average Bonchev–Trinajstić information content (AvgIpc) is 2.42. The summed E-state index contributed by atoms with van der Waals surface area (Å²) in [7, 11) is 4.19. The van der Waals surface area contributed by atoms with Gasteiger partial charge in [-0.15, -0.1) is 0 Å². The third-order valence-electron chi connectivity index (χ3n) is 3.56. The number of hydrogen-bond donors (Lipinski definition) is 0. The lowest BCUT2D eigenvalue weighted by Crippen LogP contribution is -2.29. The summed E-state index contributed by atoms with van der Waals surface area (Å²) in [5, 5.41) is 0. The summed E-state index contributed by atoms with van der Waals surface area (Å²) in [4.78, 5) is 16.7. The Labute approximate surface area is 123 Å². The molecule has 0 atom stereocenters. The van der Waals surface area contributed by atoms with Gasteiger partial charge < -0.3 is 9.80 Å². The Morgan fingerprint density at radius 3 is 2.25 bits per heavy atom. The van der Waals surface area contributed by atoms with Gasteiger partial charge in [-0.05, 0) is 47.1 Å². The Morgan fingerprint density at radius 1 is 1.05 bits per heavy atom. The summed E-state index contributed by atoms with van der Waals surface area (Å²) in [6.07, 6.45) is 1.76. The number of nitrogens with zero attached hydrogens (tertiary/aromatic N) is 2. The smallest absolute Gasteiger partial charge is 0.164 e. The first-order valence-electron chi connectivity index (χ1n) is 7.50. The average molecular weight is 276 g/mol. The molecule has 0 saturated heterocycles. The lowest BCUT2D eigenvalue weighted by molar-refractivity contribution is 0.0964. The van der Waals surface area contributed by atoms with Gasteiger partial charge in [-0.1, -0.05) is 36.8 Å². The predicted octanol–water partition coefficient (Wildman–Crippen LogP) is 2.84.